The molecule has 2 aromatic heterocycles. The third-order valence-electron chi connectivity index (χ3n) is 6.86. The molecule has 2 atom stereocenters. The minimum atomic E-state index is -0.129. The van der Waals surface area contributed by atoms with Crippen LogP contribution in [0, 0.1) is 13.8 Å². The molecule has 5 rings (SSSR count). The van der Waals surface area contributed by atoms with Crippen LogP contribution in [0.1, 0.15) is 40.3 Å². The van der Waals surface area contributed by atoms with Gasteiger partial charge in [0.25, 0.3) is 0 Å². The Kier molecular flexibility index (Phi) is 6.65. The summed E-state index contributed by atoms with van der Waals surface area (Å²) in [6, 6.07) is 24.4. The highest BCUT2D eigenvalue weighted by molar-refractivity contribution is 7.80. The van der Waals surface area contributed by atoms with E-state index in [2.05, 4.69) is 63.9 Å². The van der Waals surface area contributed by atoms with Crippen molar-refractivity contribution in [2.45, 2.75) is 32.5 Å². The van der Waals surface area contributed by atoms with Gasteiger partial charge in [-0.15, -0.1) is 0 Å². The number of pyridine rings is 1. The zero-order valence-electron chi connectivity index (χ0n) is 20.9. The number of nitrogens with zero attached hydrogens (tertiary/aromatic N) is 3. The summed E-state index contributed by atoms with van der Waals surface area (Å²) in [7, 11) is 3.32. The summed E-state index contributed by atoms with van der Waals surface area (Å²) in [5, 5.41) is 4.18. The van der Waals surface area contributed by atoms with E-state index in [4.69, 9.17) is 21.7 Å². The lowest BCUT2D eigenvalue weighted by Crippen LogP contribution is -2.30. The van der Waals surface area contributed by atoms with Gasteiger partial charge < -0.3 is 24.3 Å². The van der Waals surface area contributed by atoms with Gasteiger partial charge in [0.15, 0.2) is 5.11 Å². The van der Waals surface area contributed by atoms with Crippen molar-refractivity contribution in [2.75, 3.05) is 19.1 Å². The van der Waals surface area contributed by atoms with E-state index in [1.165, 1.54) is 22.5 Å². The first-order valence-electron chi connectivity index (χ1n) is 11.9. The molecule has 1 fully saturated rings. The molecule has 1 N–H and O–H groups in total. The van der Waals surface area contributed by atoms with Gasteiger partial charge in [-0.25, -0.2) is 0 Å². The zero-order valence-corrected chi connectivity index (χ0v) is 21.8. The normalized spacial score (nSPS) is 17.2. The smallest absolute Gasteiger partial charge is 0.174 e. The summed E-state index contributed by atoms with van der Waals surface area (Å²) in [5.74, 6) is 1.43. The fourth-order valence-electron chi connectivity index (χ4n) is 5.05. The molecule has 0 radical (unpaired) electrons. The highest BCUT2D eigenvalue weighted by Gasteiger charge is 2.43. The Morgan fingerprint density at radius 1 is 0.944 bits per heavy atom. The number of anilines is 1. The van der Waals surface area contributed by atoms with Crippen LogP contribution in [0.15, 0.2) is 79.0 Å². The van der Waals surface area contributed by atoms with Gasteiger partial charge in [-0.2, -0.15) is 0 Å². The van der Waals surface area contributed by atoms with E-state index in [0.717, 1.165) is 23.7 Å². The van der Waals surface area contributed by atoms with Gasteiger partial charge in [-0.1, -0.05) is 36.4 Å². The number of aryl methyl sites for hydroxylation is 1. The van der Waals surface area contributed by atoms with Gasteiger partial charge in [0.05, 0.1) is 37.7 Å². The van der Waals surface area contributed by atoms with Crippen molar-refractivity contribution in [1.82, 2.24) is 14.9 Å². The molecule has 0 amide bonds. The van der Waals surface area contributed by atoms with E-state index in [-0.39, 0.29) is 12.1 Å². The summed E-state index contributed by atoms with van der Waals surface area (Å²) < 4.78 is 13.6. The number of aromatic nitrogens is 2. The molecule has 1 saturated heterocycles. The zero-order chi connectivity index (χ0) is 25.2. The first-order valence-corrected chi connectivity index (χ1v) is 12.4. The second kappa shape index (κ2) is 10.0. The van der Waals surface area contributed by atoms with E-state index >= 15 is 0 Å². The van der Waals surface area contributed by atoms with Crippen LogP contribution in [0.2, 0.25) is 0 Å². The van der Waals surface area contributed by atoms with E-state index in [9.17, 15) is 0 Å². The Bertz CT molecular complexity index is 1370. The minimum Gasteiger partial charge on any atom is -0.497 e. The third-order valence-corrected chi connectivity index (χ3v) is 7.17. The van der Waals surface area contributed by atoms with Gasteiger partial charge in [0.1, 0.15) is 11.5 Å². The predicted octanol–water partition coefficient (Wildman–Crippen LogP) is 5.74. The summed E-state index contributed by atoms with van der Waals surface area (Å²) in [4.78, 5) is 6.84. The number of hydrogen-bond donors (Lipinski definition) is 1. The average Bonchev–Trinajstić information content (AvgIpc) is 3.40. The average molecular weight is 499 g/mol. The van der Waals surface area contributed by atoms with Crippen LogP contribution in [0.25, 0.3) is 0 Å². The molecule has 4 aromatic rings. The number of methoxy groups -OCH3 is 2. The van der Waals surface area contributed by atoms with Gasteiger partial charge in [0.2, 0.25) is 0 Å². The monoisotopic (exact) mass is 498 g/mol. The van der Waals surface area contributed by atoms with Gasteiger partial charge in [-0.05, 0) is 67.5 Å². The molecule has 0 spiro atoms. The predicted molar refractivity (Wildman–Crippen MR) is 147 cm³/mol. The second-order valence-corrected chi connectivity index (χ2v) is 9.32. The number of hydrogen-bond acceptors (Lipinski definition) is 4. The maximum absolute atomic E-state index is 5.93. The summed E-state index contributed by atoms with van der Waals surface area (Å²) >= 11 is 5.93. The lowest BCUT2D eigenvalue weighted by atomic mass is 9.96. The molecule has 0 saturated carbocycles. The van der Waals surface area contributed by atoms with E-state index in [1.807, 2.05) is 48.7 Å². The molecule has 36 heavy (non-hydrogen) atoms. The Balaban J connectivity index is 1.65. The van der Waals surface area contributed by atoms with Crippen molar-refractivity contribution in [3.8, 4) is 11.5 Å². The molecular formula is C29H30N4O2S. The van der Waals surface area contributed by atoms with Crippen molar-refractivity contribution in [1.29, 1.82) is 0 Å². The number of nitrogens with one attached hydrogen (secondary N) is 1. The highest BCUT2D eigenvalue weighted by atomic mass is 32.1. The van der Waals surface area contributed by atoms with E-state index < -0.39 is 0 Å². The Morgan fingerprint density at radius 2 is 1.72 bits per heavy atom. The van der Waals surface area contributed by atoms with Crippen LogP contribution >= 0.6 is 12.2 Å². The summed E-state index contributed by atoms with van der Waals surface area (Å²) in [6.45, 7) is 5.16. The van der Waals surface area contributed by atoms with Crippen molar-refractivity contribution in [3.05, 3.63) is 107 Å². The molecule has 3 heterocycles. The lowest BCUT2D eigenvalue weighted by Gasteiger charge is -2.29. The molecule has 0 unspecified atom stereocenters. The van der Waals surface area contributed by atoms with Gasteiger partial charge >= 0.3 is 0 Å². The molecule has 0 aliphatic carbocycles. The fourth-order valence-corrected chi connectivity index (χ4v) is 5.39. The molecule has 184 valence electrons. The minimum absolute atomic E-state index is 0.120. The molecule has 1 aliphatic heterocycles. The third kappa shape index (κ3) is 4.31. The van der Waals surface area contributed by atoms with Crippen molar-refractivity contribution >= 4 is 23.0 Å². The number of ether oxygens (including phenoxy) is 2. The van der Waals surface area contributed by atoms with Crippen LogP contribution < -0.4 is 19.7 Å². The fraction of sp³-hybridized carbons (Fsp3) is 0.241. The van der Waals surface area contributed by atoms with Crippen LogP contribution in [0.5, 0.6) is 11.5 Å². The number of benzene rings is 2. The highest BCUT2D eigenvalue weighted by Crippen LogP contribution is 2.46. The molecule has 6 nitrogen and oxygen atoms in total. The standard InChI is InChI=1S/C29H30N4O2S/c1-19-16-23(20(2)32(19)18-21-10-6-5-7-11-21)28-27(24-12-8-9-15-30-24)31-29(36)33(28)25-14-13-22(34-3)17-26(25)35-4/h5-17,27-28H,18H2,1-4H3,(H,31,36)/t27-,28+/m1/s1. The van der Waals surface area contributed by atoms with Crippen molar-refractivity contribution < 1.29 is 9.47 Å². The SMILES string of the molecule is COc1ccc(N2C(=S)N[C@H](c3ccccn3)[C@@H]2c2cc(C)n(Cc3ccccc3)c2C)c(OC)c1. The van der Waals surface area contributed by atoms with Crippen molar-refractivity contribution in [3.63, 3.8) is 0 Å². The van der Waals surface area contributed by atoms with Crippen LogP contribution in [0.3, 0.4) is 0 Å². The number of rotatable bonds is 7. The quantitative estimate of drug-likeness (QED) is 0.328. The Labute approximate surface area is 217 Å². The first-order chi connectivity index (χ1) is 17.5. The summed E-state index contributed by atoms with van der Waals surface area (Å²) in [5.41, 5.74) is 6.68. The van der Waals surface area contributed by atoms with Crippen LogP contribution in [-0.4, -0.2) is 28.9 Å². The largest absolute Gasteiger partial charge is 0.497 e. The first kappa shape index (κ1) is 23.9. The Hall–Kier alpha value is -3.84. The molecular weight excluding hydrogens is 468 g/mol. The van der Waals surface area contributed by atoms with E-state index in [1.54, 1.807) is 14.2 Å². The van der Waals surface area contributed by atoms with Gasteiger partial charge in [-0.3, -0.25) is 4.98 Å². The molecule has 1 aliphatic rings. The Morgan fingerprint density at radius 3 is 2.42 bits per heavy atom. The van der Waals surface area contributed by atoms with Crippen LogP contribution in [0.4, 0.5) is 5.69 Å². The lowest BCUT2D eigenvalue weighted by molar-refractivity contribution is 0.394. The molecule has 0 bridgehead atoms. The van der Waals surface area contributed by atoms with Gasteiger partial charge in [0, 0.05) is 30.2 Å². The molecule has 7 heteroatoms. The maximum Gasteiger partial charge on any atom is 0.174 e. The van der Waals surface area contributed by atoms with Crippen LogP contribution in [-0.2, 0) is 6.54 Å². The number of thiocarbonyl (C=S) groups is 1. The topological polar surface area (TPSA) is 51.5 Å². The molecule has 2 aromatic carbocycles. The van der Waals surface area contributed by atoms with E-state index in [0.29, 0.717) is 10.9 Å². The van der Waals surface area contributed by atoms with Crippen molar-refractivity contribution in [2.24, 2.45) is 0 Å². The summed E-state index contributed by atoms with van der Waals surface area (Å²) in [6.07, 6.45) is 1.83. The maximum atomic E-state index is 5.93. The second-order valence-electron chi connectivity index (χ2n) is 8.93.